The van der Waals surface area contributed by atoms with Gasteiger partial charge in [-0.2, -0.15) is 0 Å². The smallest absolute Gasteiger partial charge is 0.127 e. The van der Waals surface area contributed by atoms with Crippen molar-refractivity contribution in [1.82, 2.24) is 0 Å². The third-order valence-electron chi connectivity index (χ3n) is 1.91. The molecule has 4 nitrogen and oxygen atoms in total. The van der Waals surface area contributed by atoms with Crippen molar-refractivity contribution in [3.05, 3.63) is 23.8 Å². The summed E-state index contributed by atoms with van der Waals surface area (Å²) in [6.45, 7) is 0.504. The van der Waals surface area contributed by atoms with Crippen LogP contribution in [0.5, 0.6) is 11.5 Å². The van der Waals surface area contributed by atoms with E-state index in [0.29, 0.717) is 6.54 Å². The van der Waals surface area contributed by atoms with Gasteiger partial charge in [-0.05, 0) is 12.1 Å². The van der Waals surface area contributed by atoms with Crippen LogP contribution in [0.3, 0.4) is 0 Å². The summed E-state index contributed by atoms with van der Waals surface area (Å²) in [4.78, 5) is 7.64. The van der Waals surface area contributed by atoms with E-state index in [1.807, 2.05) is 18.2 Å². The maximum atomic E-state index is 5.22. The van der Waals surface area contributed by atoms with Crippen molar-refractivity contribution in [1.29, 1.82) is 0 Å². The van der Waals surface area contributed by atoms with Crippen LogP contribution in [-0.4, -0.2) is 27.3 Å². The minimum Gasteiger partial charge on any atom is -0.497 e. The van der Waals surface area contributed by atoms with Gasteiger partial charge in [0.25, 0.3) is 0 Å². The highest BCUT2D eigenvalue weighted by Gasteiger charge is 2.03. The highest BCUT2D eigenvalue weighted by atomic mass is 16.5. The molecule has 0 aliphatic rings. The third kappa shape index (κ3) is 3.11. The van der Waals surface area contributed by atoms with Gasteiger partial charge >= 0.3 is 0 Å². The summed E-state index contributed by atoms with van der Waals surface area (Å²) < 4.78 is 10.3. The first-order valence-corrected chi connectivity index (χ1v) is 4.53. The van der Waals surface area contributed by atoms with Crippen LogP contribution in [-0.2, 0) is 6.54 Å². The number of nitrogens with zero attached hydrogens (tertiary/aromatic N) is 2. The van der Waals surface area contributed by atoms with E-state index in [0.717, 1.165) is 17.1 Å². The highest BCUT2D eigenvalue weighted by molar-refractivity contribution is 5.44. The largest absolute Gasteiger partial charge is 0.497 e. The first-order valence-electron chi connectivity index (χ1n) is 4.53. The Bertz CT molecular complexity index is 382. The molecule has 0 bridgehead atoms. The lowest BCUT2D eigenvalue weighted by molar-refractivity contribution is 0.391. The second kappa shape index (κ2) is 5.83. The van der Waals surface area contributed by atoms with Gasteiger partial charge in [0, 0.05) is 18.7 Å². The fourth-order valence-electron chi connectivity index (χ4n) is 1.17. The molecule has 1 aromatic rings. The van der Waals surface area contributed by atoms with E-state index >= 15 is 0 Å². The lowest BCUT2D eigenvalue weighted by Crippen LogP contribution is -1.92. The normalized spacial score (nSPS) is 9.00. The van der Waals surface area contributed by atoms with Crippen molar-refractivity contribution < 1.29 is 9.47 Å². The van der Waals surface area contributed by atoms with Gasteiger partial charge in [-0.1, -0.05) is 0 Å². The summed E-state index contributed by atoms with van der Waals surface area (Å²) >= 11 is 0. The van der Waals surface area contributed by atoms with Crippen molar-refractivity contribution >= 4 is 6.01 Å². The number of hydrogen-bond acceptors (Lipinski definition) is 4. The van der Waals surface area contributed by atoms with E-state index in [-0.39, 0.29) is 0 Å². The molecule has 0 amide bonds. The van der Waals surface area contributed by atoms with Crippen LogP contribution in [0.1, 0.15) is 5.56 Å². The van der Waals surface area contributed by atoms with Gasteiger partial charge in [0.1, 0.15) is 11.5 Å². The summed E-state index contributed by atoms with van der Waals surface area (Å²) in [6.07, 6.45) is 0. The fourth-order valence-corrected chi connectivity index (χ4v) is 1.17. The van der Waals surface area contributed by atoms with Gasteiger partial charge in [-0.25, -0.2) is 9.98 Å². The molecule has 1 aromatic carbocycles. The molecular weight excluding hydrogens is 192 g/mol. The van der Waals surface area contributed by atoms with Gasteiger partial charge in [0.15, 0.2) is 0 Å². The third-order valence-corrected chi connectivity index (χ3v) is 1.91. The lowest BCUT2D eigenvalue weighted by Gasteiger charge is -2.07. The van der Waals surface area contributed by atoms with Gasteiger partial charge < -0.3 is 9.47 Å². The first-order chi connectivity index (χ1) is 7.31. The zero-order valence-corrected chi connectivity index (χ0v) is 9.15. The Morgan fingerprint density at radius 3 is 2.67 bits per heavy atom. The maximum absolute atomic E-state index is 5.22. The zero-order chi connectivity index (χ0) is 11.1. The zero-order valence-electron chi connectivity index (χ0n) is 9.15. The standard InChI is InChI=1S/C11H14N2O2/c1-12-8-13-7-9-4-5-10(14-2)6-11(9)15-3/h4-6H,7H2,1-3H3. The van der Waals surface area contributed by atoms with E-state index in [1.165, 1.54) is 0 Å². The molecule has 4 heteroatoms. The average molecular weight is 206 g/mol. The van der Waals surface area contributed by atoms with Gasteiger partial charge in [0.05, 0.1) is 26.8 Å². The van der Waals surface area contributed by atoms with E-state index in [9.17, 15) is 0 Å². The Morgan fingerprint density at radius 1 is 1.27 bits per heavy atom. The number of methoxy groups -OCH3 is 2. The topological polar surface area (TPSA) is 43.2 Å². The van der Waals surface area contributed by atoms with Crippen LogP contribution >= 0.6 is 0 Å². The van der Waals surface area contributed by atoms with Crippen LogP contribution in [0, 0.1) is 0 Å². The summed E-state index contributed by atoms with van der Waals surface area (Å²) in [5.74, 6) is 1.53. The van der Waals surface area contributed by atoms with Crippen molar-refractivity contribution in [2.75, 3.05) is 21.3 Å². The molecule has 0 heterocycles. The monoisotopic (exact) mass is 206 g/mol. The summed E-state index contributed by atoms with van der Waals surface area (Å²) in [5, 5.41) is 0. The first kappa shape index (κ1) is 11.3. The second-order valence-corrected chi connectivity index (χ2v) is 2.82. The van der Waals surface area contributed by atoms with Crippen LogP contribution in [0.15, 0.2) is 28.2 Å². The van der Waals surface area contributed by atoms with E-state index < -0.39 is 0 Å². The molecule has 0 saturated heterocycles. The Kier molecular flexibility index (Phi) is 4.38. The summed E-state index contributed by atoms with van der Waals surface area (Å²) in [6, 6.07) is 8.15. The van der Waals surface area contributed by atoms with Gasteiger partial charge in [-0.3, -0.25) is 0 Å². The molecule has 0 fully saturated rings. The molecule has 0 aromatic heterocycles. The molecule has 0 atom stereocenters. The van der Waals surface area contributed by atoms with E-state index in [2.05, 4.69) is 16.0 Å². The molecule has 1 rings (SSSR count). The molecule has 0 radical (unpaired) electrons. The van der Waals surface area contributed by atoms with Crippen LogP contribution < -0.4 is 9.47 Å². The molecule has 0 aliphatic heterocycles. The molecule has 15 heavy (non-hydrogen) atoms. The van der Waals surface area contributed by atoms with Gasteiger partial charge in [-0.15, -0.1) is 0 Å². The number of rotatable bonds is 4. The fraction of sp³-hybridized carbons (Fsp3) is 0.364. The minimum absolute atomic E-state index is 0.504. The number of ether oxygens (including phenoxy) is 2. The Labute approximate surface area is 89.3 Å². The maximum Gasteiger partial charge on any atom is 0.127 e. The molecular formula is C11H14N2O2. The molecule has 80 valence electrons. The van der Waals surface area contributed by atoms with Crippen LogP contribution in [0.4, 0.5) is 0 Å². The number of benzene rings is 1. The molecule has 0 saturated carbocycles. The van der Waals surface area contributed by atoms with E-state index in [1.54, 1.807) is 21.3 Å². The predicted molar refractivity (Wildman–Crippen MR) is 59.0 cm³/mol. The number of hydrogen-bond donors (Lipinski definition) is 0. The van der Waals surface area contributed by atoms with Crippen LogP contribution in [0.2, 0.25) is 0 Å². The summed E-state index contributed by atoms with van der Waals surface area (Å²) in [5.41, 5.74) is 0.981. The Hall–Kier alpha value is -1.80. The second-order valence-electron chi connectivity index (χ2n) is 2.82. The summed E-state index contributed by atoms with van der Waals surface area (Å²) in [7, 11) is 4.88. The van der Waals surface area contributed by atoms with Gasteiger partial charge in [0.2, 0.25) is 0 Å². The van der Waals surface area contributed by atoms with Crippen LogP contribution in [0.25, 0.3) is 0 Å². The highest BCUT2D eigenvalue weighted by Crippen LogP contribution is 2.24. The Morgan fingerprint density at radius 2 is 2.07 bits per heavy atom. The molecule has 0 spiro atoms. The van der Waals surface area contributed by atoms with E-state index in [4.69, 9.17) is 9.47 Å². The minimum atomic E-state index is 0.504. The SMILES string of the molecule is CN=C=NCc1ccc(OC)cc1OC. The predicted octanol–water partition coefficient (Wildman–Crippen LogP) is 2.01. The average Bonchev–Trinajstić information content (AvgIpc) is 2.29. The molecule has 0 unspecified atom stereocenters. The van der Waals surface area contributed by atoms with Crippen molar-refractivity contribution in [3.63, 3.8) is 0 Å². The van der Waals surface area contributed by atoms with Crippen molar-refractivity contribution in [2.45, 2.75) is 6.54 Å². The van der Waals surface area contributed by atoms with Crippen molar-refractivity contribution in [3.8, 4) is 11.5 Å². The number of aliphatic imine (C=N–C) groups is 2. The van der Waals surface area contributed by atoms with Crippen molar-refractivity contribution in [2.24, 2.45) is 9.98 Å². The molecule has 0 N–H and O–H groups in total. The molecule has 0 aliphatic carbocycles. The quantitative estimate of drug-likeness (QED) is 0.707. The lowest BCUT2D eigenvalue weighted by atomic mass is 10.2. The Balaban J connectivity index is 2.92.